The van der Waals surface area contributed by atoms with Gasteiger partial charge in [0.2, 0.25) is 5.91 Å². The van der Waals surface area contributed by atoms with Crippen LogP contribution in [0.4, 0.5) is 8.78 Å². The van der Waals surface area contributed by atoms with Crippen LogP contribution in [0.1, 0.15) is 12.5 Å². The predicted octanol–water partition coefficient (Wildman–Crippen LogP) is 1.60. The van der Waals surface area contributed by atoms with Crippen LogP contribution >= 0.6 is 0 Å². The van der Waals surface area contributed by atoms with E-state index < -0.39 is 11.6 Å². The molecule has 1 rings (SSSR count). The van der Waals surface area contributed by atoms with Gasteiger partial charge in [0.15, 0.2) is 0 Å². The van der Waals surface area contributed by atoms with Crippen LogP contribution in [0.15, 0.2) is 18.2 Å². The van der Waals surface area contributed by atoms with Crippen molar-refractivity contribution >= 4 is 5.91 Å². The highest BCUT2D eigenvalue weighted by atomic mass is 19.1. The third-order valence-corrected chi connectivity index (χ3v) is 1.46. The van der Waals surface area contributed by atoms with Crippen LogP contribution in [0.5, 0.6) is 0 Å². The van der Waals surface area contributed by atoms with Gasteiger partial charge in [0, 0.05) is 19.5 Å². The Labute approximate surface area is 74.6 Å². The molecule has 0 fully saturated rings. The number of halogens is 2. The molecule has 0 saturated carbocycles. The standard InChI is InChI=1S/C9H9F2NO/c1-6(13)12-5-7-2-8(10)4-9(11)3-7/h2-4H,5H2,1H3,(H,12,13). The third-order valence-electron chi connectivity index (χ3n) is 1.46. The second-order valence-corrected chi connectivity index (χ2v) is 2.69. The SMILES string of the molecule is CC(=O)NCc1cc(F)cc(F)c1. The second-order valence-electron chi connectivity index (χ2n) is 2.69. The van der Waals surface area contributed by atoms with Gasteiger partial charge in [0.25, 0.3) is 0 Å². The number of nitrogens with one attached hydrogen (secondary N) is 1. The molecule has 0 unspecified atom stereocenters. The molecule has 1 amide bonds. The Kier molecular flexibility index (Phi) is 2.95. The van der Waals surface area contributed by atoms with Gasteiger partial charge in [0.1, 0.15) is 11.6 Å². The Morgan fingerprint density at radius 2 is 1.85 bits per heavy atom. The molecule has 0 heterocycles. The molecule has 1 aromatic rings. The van der Waals surface area contributed by atoms with Gasteiger partial charge < -0.3 is 5.32 Å². The summed E-state index contributed by atoms with van der Waals surface area (Å²) >= 11 is 0. The van der Waals surface area contributed by atoms with E-state index in [1.165, 1.54) is 19.1 Å². The molecule has 0 aliphatic rings. The van der Waals surface area contributed by atoms with E-state index in [-0.39, 0.29) is 12.5 Å². The first kappa shape index (κ1) is 9.64. The zero-order valence-corrected chi connectivity index (χ0v) is 7.10. The van der Waals surface area contributed by atoms with E-state index in [4.69, 9.17) is 0 Å². The first-order valence-electron chi connectivity index (χ1n) is 3.77. The van der Waals surface area contributed by atoms with Gasteiger partial charge in [0.05, 0.1) is 0 Å². The molecule has 0 aliphatic carbocycles. The molecular formula is C9H9F2NO. The predicted molar refractivity (Wildman–Crippen MR) is 43.9 cm³/mol. The molecular weight excluding hydrogens is 176 g/mol. The Morgan fingerprint density at radius 1 is 1.31 bits per heavy atom. The highest BCUT2D eigenvalue weighted by Gasteiger charge is 2.00. The molecule has 1 N–H and O–H groups in total. The third kappa shape index (κ3) is 3.19. The van der Waals surface area contributed by atoms with Gasteiger partial charge in [-0.3, -0.25) is 4.79 Å². The Bertz CT molecular complexity index is 305. The van der Waals surface area contributed by atoms with Crippen LogP contribution in [-0.4, -0.2) is 5.91 Å². The molecule has 0 radical (unpaired) electrons. The lowest BCUT2D eigenvalue weighted by Crippen LogP contribution is -2.19. The van der Waals surface area contributed by atoms with Gasteiger partial charge in [-0.2, -0.15) is 0 Å². The fraction of sp³-hybridized carbons (Fsp3) is 0.222. The number of benzene rings is 1. The summed E-state index contributed by atoms with van der Waals surface area (Å²) in [5, 5.41) is 2.44. The minimum Gasteiger partial charge on any atom is -0.352 e. The van der Waals surface area contributed by atoms with E-state index in [0.29, 0.717) is 5.56 Å². The Morgan fingerprint density at radius 3 is 2.31 bits per heavy atom. The van der Waals surface area contributed by atoms with Crippen molar-refractivity contribution in [2.75, 3.05) is 0 Å². The minimum atomic E-state index is -0.639. The zero-order chi connectivity index (χ0) is 9.84. The lowest BCUT2D eigenvalue weighted by molar-refractivity contribution is -0.119. The number of hydrogen-bond donors (Lipinski definition) is 1. The average Bonchev–Trinajstić information content (AvgIpc) is 1.99. The normalized spacial score (nSPS) is 9.77. The minimum absolute atomic E-state index is 0.143. The van der Waals surface area contributed by atoms with Crippen LogP contribution in [-0.2, 0) is 11.3 Å². The Hall–Kier alpha value is -1.45. The smallest absolute Gasteiger partial charge is 0.217 e. The van der Waals surface area contributed by atoms with Gasteiger partial charge in [-0.15, -0.1) is 0 Å². The summed E-state index contributed by atoms with van der Waals surface area (Å²) in [6.45, 7) is 1.49. The van der Waals surface area contributed by atoms with E-state index in [0.717, 1.165) is 6.07 Å². The topological polar surface area (TPSA) is 29.1 Å². The molecule has 0 spiro atoms. The van der Waals surface area contributed by atoms with Gasteiger partial charge >= 0.3 is 0 Å². The van der Waals surface area contributed by atoms with Gasteiger partial charge in [-0.25, -0.2) is 8.78 Å². The summed E-state index contributed by atoms with van der Waals surface area (Å²) < 4.78 is 25.2. The Balaban J connectivity index is 2.71. The van der Waals surface area contributed by atoms with Crippen molar-refractivity contribution in [3.63, 3.8) is 0 Å². The molecule has 13 heavy (non-hydrogen) atoms. The number of amides is 1. The first-order chi connectivity index (χ1) is 6.08. The van der Waals surface area contributed by atoms with Crippen molar-refractivity contribution in [1.82, 2.24) is 5.32 Å². The number of hydrogen-bond acceptors (Lipinski definition) is 1. The summed E-state index contributed by atoms with van der Waals surface area (Å²) in [6, 6.07) is 3.15. The van der Waals surface area contributed by atoms with E-state index in [2.05, 4.69) is 5.32 Å². The van der Waals surface area contributed by atoms with Crippen LogP contribution in [0.3, 0.4) is 0 Å². The van der Waals surface area contributed by atoms with Crippen LogP contribution in [0, 0.1) is 11.6 Å². The van der Waals surface area contributed by atoms with Gasteiger partial charge in [-0.1, -0.05) is 0 Å². The second kappa shape index (κ2) is 3.98. The molecule has 0 atom stereocenters. The van der Waals surface area contributed by atoms with E-state index >= 15 is 0 Å². The van der Waals surface area contributed by atoms with Crippen molar-refractivity contribution in [3.8, 4) is 0 Å². The molecule has 1 aromatic carbocycles. The van der Waals surface area contributed by atoms with Crippen molar-refractivity contribution in [3.05, 3.63) is 35.4 Å². The summed E-state index contributed by atoms with van der Waals surface area (Å²) in [4.78, 5) is 10.5. The number of rotatable bonds is 2. The number of carbonyl (C=O) groups is 1. The monoisotopic (exact) mass is 185 g/mol. The zero-order valence-electron chi connectivity index (χ0n) is 7.10. The van der Waals surface area contributed by atoms with Crippen molar-refractivity contribution in [2.45, 2.75) is 13.5 Å². The molecule has 0 bridgehead atoms. The maximum Gasteiger partial charge on any atom is 0.217 e. The van der Waals surface area contributed by atoms with E-state index in [1.54, 1.807) is 0 Å². The molecule has 0 aromatic heterocycles. The summed E-state index contributed by atoms with van der Waals surface area (Å²) in [6.07, 6.45) is 0. The largest absolute Gasteiger partial charge is 0.352 e. The highest BCUT2D eigenvalue weighted by molar-refractivity contribution is 5.72. The molecule has 0 aliphatic heterocycles. The van der Waals surface area contributed by atoms with Crippen molar-refractivity contribution < 1.29 is 13.6 Å². The lowest BCUT2D eigenvalue weighted by atomic mass is 10.2. The van der Waals surface area contributed by atoms with E-state index in [9.17, 15) is 13.6 Å². The fourth-order valence-electron chi connectivity index (χ4n) is 0.940. The van der Waals surface area contributed by atoms with Gasteiger partial charge in [-0.05, 0) is 17.7 Å². The molecule has 0 saturated heterocycles. The summed E-state index contributed by atoms with van der Waals surface area (Å²) in [7, 11) is 0. The molecule has 70 valence electrons. The summed E-state index contributed by atoms with van der Waals surface area (Å²) in [5.74, 6) is -1.51. The van der Waals surface area contributed by atoms with Crippen LogP contribution in [0.25, 0.3) is 0 Å². The van der Waals surface area contributed by atoms with Crippen LogP contribution in [0.2, 0.25) is 0 Å². The van der Waals surface area contributed by atoms with E-state index in [1.807, 2.05) is 0 Å². The maximum atomic E-state index is 12.6. The lowest BCUT2D eigenvalue weighted by Gasteiger charge is -2.02. The quantitative estimate of drug-likeness (QED) is 0.745. The highest BCUT2D eigenvalue weighted by Crippen LogP contribution is 2.07. The molecule has 4 heteroatoms. The average molecular weight is 185 g/mol. The van der Waals surface area contributed by atoms with Crippen molar-refractivity contribution in [1.29, 1.82) is 0 Å². The van der Waals surface area contributed by atoms with Crippen molar-refractivity contribution in [2.24, 2.45) is 0 Å². The van der Waals surface area contributed by atoms with Crippen LogP contribution < -0.4 is 5.32 Å². The number of carbonyl (C=O) groups excluding carboxylic acids is 1. The maximum absolute atomic E-state index is 12.6. The first-order valence-corrected chi connectivity index (χ1v) is 3.77. The molecule has 2 nitrogen and oxygen atoms in total. The fourth-order valence-corrected chi connectivity index (χ4v) is 0.940. The summed E-state index contributed by atoms with van der Waals surface area (Å²) in [5.41, 5.74) is 0.410.